The molecule has 3 aliphatic heterocycles. The van der Waals surface area contributed by atoms with Crippen molar-refractivity contribution >= 4 is 85.9 Å². The van der Waals surface area contributed by atoms with Crippen LogP contribution in [0.25, 0.3) is 88.1 Å². The Kier molecular flexibility index (Phi) is 16.9. The number of fused-ring (bicyclic) bond motifs is 14. The van der Waals surface area contributed by atoms with Gasteiger partial charge >= 0.3 is 21.1 Å². The zero-order valence-corrected chi connectivity index (χ0v) is 63.8. The van der Waals surface area contributed by atoms with Gasteiger partial charge in [0.1, 0.15) is 0 Å². The van der Waals surface area contributed by atoms with E-state index in [2.05, 4.69) is 335 Å². The Bertz CT molecular complexity index is 5590. The summed E-state index contributed by atoms with van der Waals surface area (Å²) in [7, 11) is -1.40. The highest BCUT2D eigenvalue weighted by molar-refractivity contribution is 9.10. The lowest BCUT2D eigenvalue weighted by Crippen LogP contribution is -2.41. The highest BCUT2D eigenvalue weighted by Crippen LogP contribution is 2.61. The van der Waals surface area contributed by atoms with Gasteiger partial charge in [0.15, 0.2) is 0 Å². The van der Waals surface area contributed by atoms with Crippen molar-refractivity contribution in [3.63, 3.8) is 0 Å². The van der Waals surface area contributed by atoms with Crippen LogP contribution in [0.15, 0.2) is 296 Å². The number of hydrogen-bond donors (Lipinski definition) is 0. The van der Waals surface area contributed by atoms with Crippen molar-refractivity contribution in [1.29, 1.82) is 0 Å². The molecule has 8 nitrogen and oxygen atoms in total. The molecule has 0 spiro atoms. The van der Waals surface area contributed by atoms with E-state index < -0.39 is 43.2 Å². The zero-order chi connectivity index (χ0) is 73.3. The highest BCUT2D eigenvalue weighted by Gasteiger charge is 2.64. The van der Waals surface area contributed by atoms with Crippen LogP contribution in [-0.4, -0.2) is 64.7 Å². The Morgan fingerprint density at radius 3 is 1.00 bits per heavy atom. The number of hydrogen-bond acceptors (Lipinski definition) is 8. The van der Waals surface area contributed by atoms with Crippen LogP contribution in [0.3, 0.4) is 0 Å². The lowest BCUT2D eigenvalue weighted by Gasteiger charge is -2.34. The third kappa shape index (κ3) is 11.0. The maximum atomic E-state index is 6.46. The van der Waals surface area contributed by atoms with E-state index in [0.29, 0.717) is 0 Å². The smallest absolute Gasteiger partial charge is 0.405 e. The molecule has 0 bridgehead atoms. The fraction of sp³-hybridized carbons (Fsp3) is 0.213. The summed E-state index contributed by atoms with van der Waals surface area (Å²) in [4.78, 5) is 10.6. The number of pyridine rings is 2. The molecule has 0 radical (unpaired) electrons. The van der Waals surface area contributed by atoms with Crippen molar-refractivity contribution in [1.82, 2.24) is 9.97 Å². The van der Waals surface area contributed by atoms with E-state index in [1.165, 1.54) is 88.3 Å². The first kappa shape index (κ1) is 69.5. The number of para-hydroxylation sites is 2. The van der Waals surface area contributed by atoms with E-state index in [1.54, 1.807) is 0 Å². The van der Waals surface area contributed by atoms with E-state index in [0.717, 1.165) is 54.3 Å². The molecule has 12 heteroatoms. The quantitative estimate of drug-likeness (QED) is 0.110. The molecule has 0 saturated carbocycles. The van der Waals surface area contributed by atoms with E-state index in [9.17, 15) is 0 Å². The van der Waals surface area contributed by atoms with Crippen molar-refractivity contribution in [3.8, 4) is 44.8 Å². The predicted molar refractivity (Wildman–Crippen MR) is 440 cm³/mol. The summed E-state index contributed by atoms with van der Waals surface area (Å²) in [5.74, 6) is 0. The van der Waals surface area contributed by atoms with Crippen LogP contribution in [0.4, 0.5) is 0 Å². The second-order valence-electron chi connectivity index (χ2n) is 31.8. The molecule has 0 unspecified atom stereocenters. The highest BCUT2D eigenvalue weighted by atomic mass is 79.9. The molecule has 2 aromatic heterocycles. The molecule has 19 rings (SSSR count). The van der Waals surface area contributed by atoms with Crippen molar-refractivity contribution in [3.05, 3.63) is 340 Å². The Morgan fingerprint density at radius 1 is 0.283 bits per heavy atom. The SMILES string of the molecule is Brc1cccc(-c2nc3ccccc3c3c4c(ccc23)C(c2ccccc2)(c2ccccc2)c2ccccc2-4)c1.CC1(C)OB(B2OC(C)(C)C(C)(C)O2)OC1(C)C.CC1(C)OB(c2cccc(-c3nc4ccccc4c4c5c(ccc34)C(c3ccccc3)(c3ccccc3)c3ccccc3-5)c2)OC1(C)C. The van der Waals surface area contributed by atoms with Crippen LogP contribution in [0.1, 0.15) is 128 Å². The largest absolute Gasteiger partial charge is 0.494 e. The first-order valence-corrected chi connectivity index (χ1v) is 37.8. The topological polar surface area (TPSA) is 81.2 Å². The summed E-state index contributed by atoms with van der Waals surface area (Å²) in [6.45, 7) is 24.6. The molecule has 5 heterocycles. The summed E-state index contributed by atoms with van der Waals surface area (Å²) in [5.41, 5.74) is 19.3. The Labute approximate surface area is 632 Å². The molecule has 3 fully saturated rings. The number of nitrogens with zero attached hydrogens (tertiary/aromatic N) is 2. The predicted octanol–water partition coefficient (Wildman–Crippen LogP) is 22.1. The van der Waals surface area contributed by atoms with Gasteiger partial charge in [0.05, 0.1) is 66.9 Å². The van der Waals surface area contributed by atoms with Crippen LogP contribution in [-0.2, 0) is 38.8 Å². The first-order valence-electron chi connectivity index (χ1n) is 37.0. The normalized spacial score (nSPS) is 18.2. The van der Waals surface area contributed by atoms with Crippen LogP contribution in [0.5, 0.6) is 0 Å². The van der Waals surface area contributed by atoms with Gasteiger partial charge in [-0.05, 0) is 180 Å². The molecule has 0 N–H and O–H groups in total. The summed E-state index contributed by atoms with van der Waals surface area (Å²) in [6.07, 6.45) is 0. The summed E-state index contributed by atoms with van der Waals surface area (Å²) in [6, 6.07) is 105. The fourth-order valence-corrected chi connectivity index (χ4v) is 17.2. The van der Waals surface area contributed by atoms with Crippen LogP contribution in [0.2, 0.25) is 0 Å². The second-order valence-corrected chi connectivity index (χ2v) is 32.7. The molecule has 5 aliphatic rings. The molecule has 522 valence electrons. The molecule has 3 saturated heterocycles. The van der Waals surface area contributed by atoms with E-state index >= 15 is 0 Å². The van der Waals surface area contributed by atoms with Gasteiger partial charge in [-0.2, -0.15) is 0 Å². The summed E-state index contributed by atoms with van der Waals surface area (Å²) in [5, 5.41) is 7.13. The lowest BCUT2D eigenvalue weighted by atomic mass is 9.49. The number of rotatable bonds is 8. The first-order chi connectivity index (χ1) is 50.9. The van der Waals surface area contributed by atoms with Gasteiger partial charge in [0, 0.05) is 47.9 Å². The minimum absolute atomic E-state index is 0.360. The van der Waals surface area contributed by atoms with Gasteiger partial charge in [-0.1, -0.05) is 283 Å². The van der Waals surface area contributed by atoms with E-state index in [1.807, 2.05) is 55.4 Å². The molecular formula is C94H84B3BrN2O6. The van der Waals surface area contributed by atoms with Crippen LogP contribution >= 0.6 is 15.9 Å². The number of aromatic nitrogens is 2. The van der Waals surface area contributed by atoms with Gasteiger partial charge in [-0.25, -0.2) is 9.97 Å². The summed E-state index contributed by atoms with van der Waals surface area (Å²) < 4.78 is 37.8. The number of benzene rings is 12. The van der Waals surface area contributed by atoms with Crippen LogP contribution < -0.4 is 5.46 Å². The molecule has 2 aliphatic carbocycles. The van der Waals surface area contributed by atoms with Crippen molar-refractivity contribution in [2.24, 2.45) is 0 Å². The van der Waals surface area contributed by atoms with Gasteiger partial charge in [-0.15, -0.1) is 0 Å². The Hall–Kier alpha value is -9.59. The van der Waals surface area contributed by atoms with Gasteiger partial charge < -0.3 is 27.9 Å². The molecule has 0 atom stereocenters. The molecule has 12 aromatic carbocycles. The van der Waals surface area contributed by atoms with E-state index in [-0.39, 0.29) is 22.4 Å². The van der Waals surface area contributed by atoms with Gasteiger partial charge in [0.2, 0.25) is 0 Å². The van der Waals surface area contributed by atoms with E-state index in [4.69, 9.17) is 37.9 Å². The monoisotopic (exact) mass is 1450 g/mol. The summed E-state index contributed by atoms with van der Waals surface area (Å²) >= 11 is 3.68. The average Bonchev–Trinajstić information content (AvgIpc) is 1.52. The third-order valence-electron chi connectivity index (χ3n) is 24.1. The van der Waals surface area contributed by atoms with Crippen molar-refractivity contribution in [2.75, 3.05) is 0 Å². The second kappa shape index (κ2) is 25.8. The maximum absolute atomic E-state index is 6.46. The molecule has 106 heavy (non-hydrogen) atoms. The average molecular weight is 1450 g/mol. The third-order valence-corrected chi connectivity index (χ3v) is 24.6. The van der Waals surface area contributed by atoms with Gasteiger partial charge in [-0.3, -0.25) is 0 Å². The van der Waals surface area contributed by atoms with Gasteiger partial charge in [0.25, 0.3) is 0 Å². The van der Waals surface area contributed by atoms with Crippen LogP contribution in [0, 0.1) is 0 Å². The minimum Gasteiger partial charge on any atom is -0.405 e. The zero-order valence-electron chi connectivity index (χ0n) is 62.2. The fourth-order valence-electron chi connectivity index (χ4n) is 16.8. The van der Waals surface area contributed by atoms with Crippen molar-refractivity contribution < 1.29 is 27.9 Å². The lowest BCUT2D eigenvalue weighted by molar-refractivity contribution is 0.00578. The Balaban J connectivity index is 0.000000128. The van der Waals surface area contributed by atoms with Crippen molar-refractivity contribution in [2.45, 2.75) is 128 Å². The molecular weight excluding hydrogens is 1370 g/mol. The molecule has 14 aromatic rings. The molecule has 0 amide bonds. The minimum atomic E-state index is -0.476. The standard InChI is InChI=1S/C44H36BNO2.C38H24BrN.C12H24B2O4/c1-42(2)43(3,4)48-45(47-42)32-21-15-16-29(28-32)41-35-26-27-37-40(39(35)34-23-12-14-25-38(34)46-41)33-22-11-13-24-36(33)44(37,30-17-7-5-8-18-30)31-19-9-6-10-20-31;39-28-17-11-12-25(24-28)37-31-22-23-33-36(35(31)30-19-8-10-21-34(30)40-37)29-18-7-9-20-32(29)38(33,26-13-3-1-4-14-26)27-15-5-2-6-16-27;1-9(2)10(3,4)16-13(15-9)14-17-11(5,6)12(7,8)18-14/h5-28H,1-4H3;1-24H;1-8H3. The number of halogens is 1. The Morgan fingerprint density at radius 2 is 0.613 bits per heavy atom. The maximum Gasteiger partial charge on any atom is 0.494 e.